The van der Waals surface area contributed by atoms with Crippen molar-refractivity contribution in [2.45, 2.75) is 18.4 Å². The summed E-state index contributed by atoms with van der Waals surface area (Å²) in [6, 6.07) is 11.2. The van der Waals surface area contributed by atoms with Gasteiger partial charge in [-0.2, -0.15) is 4.39 Å². The van der Waals surface area contributed by atoms with E-state index in [0.717, 1.165) is 30.7 Å². The van der Waals surface area contributed by atoms with Crippen molar-refractivity contribution >= 4 is 32.5 Å². The van der Waals surface area contributed by atoms with Crippen LogP contribution in [0.2, 0.25) is 5.02 Å². The second-order valence-corrected chi connectivity index (χ2v) is 11.4. The first kappa shape index (κ1) is 26.6. The highest BCUT2D eigenvalue weighted by molar-refractivity contribution is 7.90. The summed E-state index contributed by atoms with van der Waals surface area (Å²) in [5.74, 6) is -0.0423. The lowest BCUT2D eigenvalue weighted by Crippen LogP contribution is -2.38. The number of morpholine rings is 1. The smallest absolute Gasteiger partial charge is 0.270 e. The van der Waals surface area contributed by atoms with Gasteiger partial charge in [0.25, 0.3) is 10.0 Å². The van der Waals surface area contributed by atoms with Gasteiger partial charge in [-0.15, -0.1) is 0 Å². The van der Waals surface area contributed by atoms with Crippen LogP contribution in [0.1, 0.15) is 5.56 Å². The summed E-state index contributed by atoms with van der Waals surface area (Å²) < 4.78 is 62.0. The minimum absolute atomic E-state index is 0.0363. The van der Waals surface area contributed by atoms with Gasteiger partial charge in [-0.05, 0) is 31.2 Å². The van der Waals surface area contributed by atoms with Gasteiger partial charge >= 0.3 is 0 Å². The summed E-state index contributed by atoms with van der Waals surface area (Å²) in [5.41, 5.74) is 2.31. The van der Waals surface area contributed by atoms with E-state index in [2.05, 4.69) is 4.90 Å². The Kier molecular flexibility index (Phi) is 7.41. The minimum Gasteiger partial charge on any atom is -0.493 e. The highest BCUT2D eigenvalue weighted by atomic mass is 35.5. The lowest BCUT2D eigenvalue weighted by atomic mass is 10.1. The van der Waals surface area contributed by atoms with Crippen molar-refractivity contribution in [3.05, 3.63) is 65.2 Å². The van der Waals surface area contributed by atoms with Gasteiger partial charge in [0, 0.05) is 49.4 Å². The van der Waals surface area contributed by atoms with E-state index >= 15 is 4.39 Å². The van der Waals surface area contributed by atoms with Crippen molar-refractivity contribution < 1.29 is 27.0 Å². The number of nitrogens with zero attached hydrogens (tertiary/aromatic N) is 3. The molecule has 3 heterocycles. The molecule has 0 saturated carbocycles. The lowest BCUT2D eigenvalue weighted by Gasteiger charge is -2.26. The molecule has 1 saturated heterocycles. The number of halogens is 2. The number of methoxy groups -OCH3 is 2. The molecular formula is C27H29ClFN3O5S. The van der Waals surface area contributed by atoms with Crippen LogP contribution in [0.3, 0.4) is 0 Å². The molecule has 0 radical (unpaired) electrons. The molecule has 202 valence electrons. The van der Waals surface area contributed by atoms with Gasteiger partial charge in [0.05, 0.1) is 48.6 Å². The van der Waals surface area contributed by atoms with Crippen LogP contribution in [0, 0.1) is 12.9 Å². The third kappa shape index (κ3) is 4.77. The first-order valence-corrected chi connectivity index (χ1v) is 14.0. The third-order valence-electron chi connectivity index (χ3n) is 6.84. The van der Waals surface area contributed by atoms with Crippen LogP contribution in [0.4, 0.5) is 4.39 Å². The number of rotatable bonds is 8. The molecule has 0 aliphatic carbocycles. The zero-order chi connectivity index (χ0) is 27.0. The van der Waals surface area contributed by atoms with E-state index in [-0.39, 0.29) is 15.6 Å². The molecule has 5 rings (SSSR count). The normalized spacial score (nSPS) is 14.8. The molecule has 2 aromatic heterocycles. The van der Waals surface area contributed by atoms with Crippen LogP contribution >= 0.6 is 11.6 Å². The zero-order valence-corrected chi connectivity index (χ0v) is 23.0. The number of ether oxygens (including phenoxy) is 3. The number of aryl methyl sites for hydroxylation is 1. The quantitative estimate of drug-likeness (QED) is 0.308. The monoisotopic (exact) mass is 561 g/mol. The molecule has 1 aliphatic heterocycles. The van der Waals surface area contributed by atoms with Crippen molar-refractivity contribution in [3.8, 4) is 22.8 Å². The Morgan fingerprint density at radius 2 is 1.66 bits per heavy atom. The molecule has 1 fully saturated rings. The maximum absolute atomic E-state index is 15.4. The van der Waals surface area contributed by atoms with Crippen LogP contribution in [0.15, 0.2) is 53.6 Å². The predicted molar refractivity (Wildman–Crippen MR) is 144 cm³/mol. The second kappa shape index (κ2) is 10.6. The second-order valence-electron chi connectivity index (χ2n) is 9.17. The van der Waals surface area contributed by atoms with Crippen LogP contribution in [0.5, 0.6) is 11.5 Å². The van der Waals surface area contributed by atoms with Gasteiger partial charge in [-0.25, -0.2) is 12.4 Å². The largest absolute Gasteiger partial charge is 0.493 e. The fourth-order valence-corrected chi connectivity index (χ4v) is 6.41. The number of aromatic nitrogens is 2. The Bertz CT molecular complexity index is 1570. The Hall–Kier alpha value is -3.05. The van der Waals surface area contributed by atoms with Crippen molar-refractivity contribution in [1.29, 1.82) is 0 Å². The fourth-order valence-electron chi connectivity index (χ4n) is 4.76. The molecule has 0 unspecified atom stereocenters. The summed E-state index contributed by atoms with van der Waals surface area (Å²) in [5, 5.41) is 0.393. The number of hydrogen-bond donors (Lipinski definition) is 0. The van der Waals surface area contributed by atoms with Crippen LogP contribution in [-0.4, -0.2) is 68.9 Å². The van der Waals surface area contributed by atoms with E-state index in [1.54, 1.807) is 25.3 Å². The third-order valence-corrected chi connectivity index (χ3v) is 8.81. The van der Waals surface area contributed by atoms with Crippen molar-refractivity contribution in [3.63, 3.8) is 0 Å². The SMILES string of the molecule is COc1cc2c(-c3cc(Cl)c(F)n3S(=O)(=O)c3ccc(C)cc3)cn(CCN3CCOCC3)c2cc1OC. The minimum atomic E-state index is -4.29. The van der Waals surface area contributed by atoms with E-state index in [9.17, 15) is 8.42 Å². The maximum Gasteiger partial charge on any atom is 0.270 e. The Morgan fingerprint density at radius 3 is 2.32 bits per heavy atom. The molecule has 0 N–H and O–H groups in total. The van der Waals surface area contributed by atoms with Gasteiger partial charge in [-0.3, -0.25) is 4.90 Å². The van der Waals surface area contributed by atoms with Crippen LogP contribution < -0.4 is 9.47 Å². The van der Waals surface area contributed by atoms with Crippen LogP contribution in [-0.2, 0) is 21.3 Å². The topological polar surface area (TPSA) is 74.9 Å². The Morgan fingerprint density at radius 1 is 1.00 bits per heavy atom. The average molecular weight is 562 g/mol. The van der Waals surface area contributed by atoms with Crippen molar-refractivity contribution in [2.75, 3.05) is 47.1 Å². The number of fused-ring (bicyclic) bond motifs is 1. The Balaban J connectivity index is 1.68. The molecular weight excluding hydrogens is 533 g/mol. The molecule has 2 aromatic carbocycles. The number of benzene rings is 2. The Labute approximate surface area is 226 Å². The fraction of sp³-hybridized carbons (Fsp3) is 0.333. The predicted octanol–water partition coefficient (Wildman–Crippen LogP) is 4.80. The van der Waals surface area contributed by atoms with Crippen molar-refractivity contribution in [2.24, 2.45) is 0 Å². The molecule has 8 nitrogen and oxygen atoms in total. The molecule has 0 bridgehead atoms. The average Bonchev–Trinajstić information content (AvgIpc) is 3.43. The van der Waals surface area contributed by atoms with Gasteiger partial charge in [0.15, 0.2) is 11.5 Å². The summed E-state index contributed by atoms with van der Waals surface area (Å²) in [6.45, 7) is 6.27. The zero-order valence-electron chi connectivity index (χ0n) is 21.4. The van der Waals surface area contributed by atoms with Gasteiger partial charge < -0.3 is 18.8 Å². The van der Waals surface area contributed by atoms with Crippen LogP contribution in [0.25, 0.3) is 22.2 Å². The summed E-state index contributed by atoms with van der Waals surface area (Å²) in [6.07, 6.45) is 1.83. The lowest BCUT2D eigenvalue weighted by molar-refractivity contribution is 0.0365. The molecule has 1 aliphatic rings. The van der Waals surface area contributed by atoms with E-state index in [1.165, 1.54) is 25.3 Å². The highest BCUT2D eigenvalue weighted by Crippen LogP contribution is 2.41. The molecule has 0 amide bonds. The maximum atomic E-state index is 15.4. The van der Waals surface area contributed by atoms with Gasteiger partial charge in [0.1, 0.15) is 0 Å². The molecule has 4 aromatic rings. The molecule has 11 heteroatoms. The van der Waals surface area contributed by atoms with E-state index < -0.39 is 16.0 Å². The highest BCUT2D eigenvalue weighted by Gasteiger charge is 2.29. The van der Waals surface area contributed by atoms with E-state index in [0.29, 0.717) is 46.2 Å². The number of hydrogen-bond acceptors (Lipinski definition) is 6. The first-order valence-electron chi connectivity index (χ1n) is 12.2. The van der Waals surface area contributed by atoms with E-state index in [1.807, 2.05) is 23.8 Å². The summed E-state index contributed by atoms with van der Waals surface area (Å²) in [7, 11) is -1.21. The van der Waals surface area contributed by atoms with Crippen molar-refractivity contribution in [1.82, 2.24) is 13.4 Å². The summed E-state index contributed by atoms with van der Waals surface area (Å²) in [4.78, 5) is 2.27. The first-order chi connectivity index (χ1) is 18.2. The molecule has 38 heavy (non-hydrogen) atoms. The molecule has 0 atom stereocenters. The van der Waals surface area contributed by atoms with Gasteiger partial charge in [0.2, 0.25) is 5.95 Å². The molecule has 0 spiro atoms. The standard InChI is InChI=1S/C27H29ClFN3O5S/c1-18-4-6-19(7-5-18)38(33,34)32-24(15-22(28)27(32)29)21-17-31(9-8-30-10-12-37-13-11-30)23-16-26(36-3)25(35-2)14-20(21)23/h4-7,14-17H,8-13H2,1-3H3. The van der Waals surface area contributed by atoms with E-state index in [4.69, 9.17) is 25.8 Å². The summed E-state index contributed by atoms with van der Waals surface area (Å²) >= 11 is 6.20. The van der Waals surface area contributed by atoms with Gasteiger partial charge in [-0.1, -0.05) is 29.3 Å².